The molecule has 1 atom stereocenters. The Morgan fingerprint density at radius 2 is 2.38 bits per heavy atom. The van der Waals surface area contributed by atoms with Crippen LogP contribution in [0.1, 0.15) is 12.8 Å². The van der Waals surface area contributed by atoms with Gasteiger partial charge in [0.1, 0.15) is 0 Å². The summed E-state index contributed by atoms with van der Waals surface area (Å²) in [7, 11) is 0. The molecular weight excluding hydrogens is 172 g/mol. The first-order chi connectivity index (χ1) is 6.10. The highest BCUT2D eigenvalue weighted by atomic mass is 16.4. The Hall–Kier alpha value is -1.10. The van der Waals surface area contributed by atoms with E-state index >= 15 is 0 Å². The lowest BCUT2D eigenvalue weighted by Crippen LogP contribution is -2.62. The summed E-state index contributed by atoms with van der Waals surface area (Å²) in [5.41, 5.74) is -0.0907. The van der Waals surface area contributed by atoms with Crippen LogP contribution in [0.15, 0.2) is 0 Å². The summed E-state index contributed by atoms with van der Waals surface area (Å²) in [6.45, 7) is 1.54. The number of hydrogen-bond acceptors (Lipinski definition) is 3. The number of rotatable bonds is 2. The third kappa shape index (κ3) is 1.51. The number of likely N-dealkylation sites (tertiary alicyclic amines) is 1. The van der Waals surface area contributed by atoms with Crippen LogP contribution in [0.3, 0.4) is 0 Å². The molecule has 2 fully saturated rings. The number of carboxylic acids is 1. The number of β-lactam (4-membered cyclic amide) rings is 1. The fraction of sp³-hybridized carbons (Fsp3) is 0.750. The van der Waals surface area contributed by atoms with Gasteiger partial charge in [0.2, 0.25) is 5.91 Å². The van der Waals surface area contributed by atoms with Crippen LogP contribution in [0.5, 0.6) is 0 Å². The number of aliphatic carboxylic acids is 1. The van der Waals surface area contributed by atoms with Gasteiger partial charge in [0.05, 0.1) is 18.5 Å². The summed E-state index contributed by atoms with van der Waals surface area (Å²) in [6, 6.07) is 0. The number of nitrogens with zero attached hydrogens (tertiary/aromatic N) is 1. The highest BCUT2D eigenvalue weighted by Gasteiger charge is 2.47. The number of carbonyl (C=O) groups is 2. The minimum absolute atomic E-state index is 0.0807. The van der Waals surface area contributed by atoms with Gasteiger partial charge < -0.3 is 10.4 Å². The summed E-state index contributed by atoms with van der Waals surface area (Å²) in [4.78, 5) is 23.0. The quantitative estimate of drug-likeness (QED) is 0.542. The molecule has 2 aliphatic heterocycles. The maximum Gasteiger partial charge on any atom is 0.317 e. The SMILES string of the molecule is O=C(O)CN1CCC2(CC(=O)N2)C1. The first kappa shape index (κ1) is 8.50. The molecule has 0 radical (unpaired) electrons. The largest absolute Gasteiger partial charge is 0.480 e. The molecule has 2 heterocycles. The maximum atomic E-state index is 10.7. The normalized spacial score (nSPS) is 33.1. The van der Waals surface area contributed by atoms with Gasteiger partial charge in [-0.25, -0.2) is 0 Å². The van der Waals surface area contributed by atoms with Gasteiger partial charge in [-0.15, -0.1) is 0 Å². The fourth-order valence-electron chi connectivity index (χ4n) is 2.12. The van der Waals surface area contributed by atoms with E-state index in [1.54, 1.807) is 0 Å². The van der Waals surface area contributed by atoms with E-state index in [0.29, 0.717) is 13.0 Å². The minimum atomic E-state index is -0.803. The Kier molecular flexibility index (Phi) is 1.76. The van der Waals surface area contributed by atoms with Crippen molar-refractivity contribution in [3.63, 3.8) is 0 Å². The Morgan fingerprint density at radius 1 is 1.69 bits per heavy atom. The van der Waals surface area contributed by atoms with Gasteiger partial charge in [0.25, 0.3) is 0 Å². The van der Waals surface area contributed by atoms with E-state index in [4.69, 9.17) is 5.11 Å². The molecule has 13 heavy (non-hydrogen) atoms. The van der Waals surface area contributed by atoms with Gasteiger partial charge >= 0.3 is 5.97 Å². The van der Waals surface area contributed by atoms with Crippen LogP contribution in [0, 0.1) is 0 Å². The molecule has 0 saturated carbocycles. The second-order valence-electron chi connectivity index (χ2n) is 3.86. The van der Waals surface area contributed by atoms with Crippen LogP contribution in [0.4, 0.5) is 0 Å². The highest BCUT2D eigenvalue weighted by Crippen LogP contribution is 2.30. The monoisotopic (exact) mass is 184 g/mol. The van der Waals surface area contributed by atoms with Crippen LogP contribution in [0.25, 0.3) is 0 Å². The highest BCUT2D eigenvalue weighted by molar-refractivity contribution is 5.85. The van der Waals surface area contributed by atoms with Gasteiger partial charge in [0.15, 0.2) is 0 Å². The van der Waals surface area contributed by atoms with Crippen LogP contribution in [0.2, 0.25) is 0 Å². The molecule has 2 rings (SSSR count). The van der Waals surface area contributed by atoms with Crippen molar-refractivity contribution in [2.75, 3.05) is 19.6 Å². The molecule has 2 aliphatic rings. The Bertz CT molecular complexity index is 256. The molecule has 1 amide bonds. The second-order valence-corrected chi connectivity index (χ2v) is 3.86. The minimum Gasteiger partial charge on any atom is -0.480 e. The molecule has 1 spiro atoms. The topological polar surface area (TPSA) is 69.6 Å². The predicted octanol–water partition coefficient (Wildman–Crippen LogP) is -0.965. The van der Waals surface area contributed by atoms with E-state index < -0.39 is 5.97 Å². The lowest BCUT2D eigenvalue weighted by molar-refractivity contribution is -0.138. The molecule has 5 nitrogen and oxygen atoms in total. The molecule has 0 aliphatic carbocycles. The molecule has 2 N–H and O–H groups in total. The molecule has 1 unspecified atom stereocenters. The number of amides is 1. The zero-order chi connectivity index (χ0) is 9.47. The van der Waals surface area contributed by atoms with Crippen molar-refractivity contribution in [3.8, 4) is 0 Å². The van der Waals surface area contributed by atoms with Crippen LogP contribution < -0.4 is 5.32 Å². The predicted molar refractivity (Wildman–Crippen MR) is 44.2 cm³/mol. The van der Waals surface area contributed by atoms with Crippen LogP contribution in [-0.4, -0.2) is 47.1 Å². The van der Waals surface area contributed by atoms with E-state index in [2.05, 4.69) is 5.32 Å². The van der Waals surface area contributed by atoms with Crippen molar-refractivity contribution in [1.82, 2.24) is 10.2 Å². The molecular formula is C8H12N2O3. The zero-order valence-corrected chi connectivity index (χ0v) is 7.25. The zero-order valence-electron chi connectivity index (χ0n) is 7.25. The van der Waals surface area contributed by atoms with Crippen molar-refractivity contribution in [3.05, 3.63) is 0 Å². The van der Waals surface area contributed by atoms with Gasteiger partial charge in [-0.1, -0.05) is 0 Å². The molecule has 72 valence electrons. The van der Waals surface area contributed by atoms with Gasteiger partial charge in [0, 0.05) is 13.1 Å². The Morgan fingerprint density at radius 3 is 2.92 bits per heavy atom. The second kappa shape index (κ2) is 2.70. The third-order valence-corrected chi connectivity index (χ3v) is 2.70. The van der Waals surface area contributed by atoms with Crippen LogP contribution in [-0.2, 0) is 9.59 Å². The van der Waals surface area contributed by atoms with E-state index in [1.807, 2.05) is 4.90 Å². The van der Waals surface area contributed by atoms with E-state index in [-0.39, 0.29) is 18.0 Å². The summed E-state index contributed by atoms with van der Waals surface area (Å²) in [6.07, 6.45) is 1.44. The lowest BCUT2D eigenvalue weighted by atomic mass is 9.86. The van der Waals surface area contributed by atoms with Gasteiger partial charge in [-0.05, 0) is 6.42 Å². The number of hydrogen-bond donors (Lipinski definition) is 2. The average Bonchev–Trinajstić information content (AvgIpc) is 2.30. The van der Waals surface area contributed by atoms with Crippen molar-refractivity contribution in [1.29, 1.82) is 0 Å². The van der Waals surface area contributed by atoms with E-state index in [9.17, 15) is 9.59 Å². The summed E-state index contributed by atoms with van der Waals surface area (Å²) < 4.78 is 0. The summed E-state index contributed by atoms with van der Waals surface area (Å²) in [5.74, 6) is -0.722. The fourth-order valence-corrected chi connectivity index (χ4v) is 2.12. The molecule has 5 heteroatoms. The van der Waals surface area contributed by atoms with E-state index in [1.165, 1.54) is 0 Å². The Balaban J connectivity index is 1.87. The molecule has 0 aromatic heterocycles. The van der Waals surface area contributed by atoms with Crippen LogP contribution >= 0.6 is 0 Å². The summed E-state index contributed by atoms with van der Waals surface area (Å²) >= 11 is 0. The van der Waals surface area contributed by atoms with Gasteiger partial charge in [-0.2, -0.15) is 0 Å². The van der Waals surface area contributed by atoms with Crippen molar-refractivity contribution >= 4 is 11.9 Å². The van der Waals surface area contributed by atoms with Crippen molar-refractivity contribution in [2.45, 2.75) is 18.4 Å². The van der Waals surface area contributed by atoms with E-state index in [0.717, 1.165) is 13.0 Å². The molecule has 0 aromatic carbocycles. The number of nitrogens with one attached hydrogen (secondary N) is 1. The maximum absolute atomic E-state index is 10.7. The smallest absolute Gasteiger partial charge is 0.317 e. The van der Waals surface area contributed by atoms with Crippen molar-refractivity contribution in [2.24, 2.45) is 0 Å². The van der Waals surface area contributed by atoms with Gasteiger partial charge in [-0.3, -0.25) is 14.5 Å². The third-order valence-electron chi connectivity index (χ3n) is 2.70. The number of carbonyl (C=O) groups excluding carboxylic acids is 1. The first-order valence-electron chi connectivity index (χ1n) is 4.35. The lowest BCUT2D eigenvalue weighted by Gasteiger charge is -2.38. The summed E-state index contributed by atoms with van der Waals surface area (Å²) in [5, 5.41) is 11.4. The number of carboxylic acid groups (broad SMARTS) is 1. The van der Waals surface area contributed by atoms with Crippen molar-refractivity contribution < 1.29 is 14.7 Å². The molecule has 0 aromatic rings. The molecule has 2 saturated heterocycles. The average molecular weight is 184 g/mol. The Labute approximate surface area is 75.7 Å². The first-order valence-corrected chi connectivity index (χ1v) is 4.35. The molecule has 0 bridgehead atoms. The standard InChI is InChI=1S/C8H12N2O3/c11-6-3-8(9-6)1-2-10(5-8)4-7(12)13/h1-5H2,(H,9,11)(H,12,13).